The fourth-order valence-corrected chi connectivity index (χ4v) is 3.59. The zero-order valence-corrected chi connectivity index (χ0v) is 11.2. The molecule has 0 aromatic carbocycles. The van der Waals surface area contributed by atoms with Gasteiger partial charge < -0.3 is 11.1 Å². The summed E-state index contributed by atoms with van der Waals surface area (Å²) < 4.78 is 0. The van der Waals surface area contributed by atoms with Gasteiger partial charge >= 0.3 is 0 Å². The Labute approximate surface area is 108 Å². The average molecular weight is 257 g/mol. The van der Waals surface area contributed by atoms with E-state index >= 15 is 0 Å². The van der Waals surface area contributed by atoms with E-state index in [1.54, 1.807) is 0 Å². The molecule has 2 aliphatic rings. The Kier molecular flexibility index (Phi) is 5.13. The molecule has 1 heterocycles. The molecule has 2 atom stereocenters. The molecule has 1 saturated heterocycles. The van der Waals surface area contributed by atoms with Crippen molar-refractivity contribution in [3.05, 3.63) is 0 Å². The highest BCUT2D eigenvalue weighted by molar-refractivity contribution is 7.99. The molecule has 0 radical (unpaired) electrons. The van der Waals surface area contributed by atoms with E-state index in [1.807, 2.05) is 11.8 Å². The Bertz CT molecular complexity index is 256. The second-order valence-electron chi connectivity index (χ2n) is 4.95. The number of hydrogen-bond acceptors (Lipinski definition) is 4. The Balaban J connectivity index is 1.62. The topological polar surface area (TPSA) is 58.4 Å². The highest BCUT2D eigenvalue weighted by atomic mass is 32.2. The highest BCUT2D eigenvalue weighted by Crippen LogP contribution is 2.23. The van der Waals surface area contributed by atoms with Crippen molar-refractivity contribution in [2.75, 3.05) is 37.7 Å². The van der Waals surface area contributed by atoms with Crippen molar-refractivity contribution in [3.63, 3.8) is 0 Å². The Morgan fingerprint density at radius 2 is 2.12 bits per heavy atom. The third kappa shape index (κ3) is 3.86. The van der Waals surface area contributed by atoms with E-state index in [0.717, 1.165) is 45.4 Å². The van der Waals surface area contributed by atoms with Crippen LogP contribution in [0.4, 0.5) is 0 Å². The third-order valence-corrected chi connectivity index (χ3v) is 4.68. The molecule has 0 spiro atoms. The van der Waals surface area contributed by atoms with E-state index in [2.05, 4.69) is 10.2 Å². The minimum atomic E-state index is 0.0620. The van der Waals surface area contributed by atoms with E-state index < -0.39 is 0 Å². The van der Waals surface area contributed by atoms with Crippen LogP contribution in [0, 0.1) is 5.92 Å². The van der Waals surface area contributed by atoms with Crippen molar-refractivity contribution in [2.24, 2.45) is 11.7 Å². The molecule has 2 unspecified atom stereocenters. The number of carbonyl (C=O) groups excluding carboxylic acids is 1. The average Bonchev–Trinajstić information content (AvgIpc) is 2.77. The summed E-state index contributed by atoms with van der Waals surface area (Å²) in [6.45, 7) is 4.06. The lowest BCUT2D eigenvalue weighted by Crippen LogP contribution is -2.43. The van der Waals surface area contributed by atoms with Crippen molar-refractivity contribution in [1.29, 1.82) is 0 Å². The van der Waals surface area contributed by atoms with Crippen LogP contribution in [0.25, 0.3) is 0 Å². The SMILES string of the molecule is NC1CCCC1C(=O)NCCN1CCSCC1. The number of rotatable bonds is 4. The highest BCUT2D eigenvalue weighted by Gasteiger charge is 2.29. The van der Waals surface area contributed by atoms with Crippen molar-refractivity contribution < 1.29 is 4.79 Å². The van der Waals surface area contributed by atoms with Crippen LogP contribution in [-0.2, 0) is 4.79 Å². The molecule has 2 rings (SSSR count). The number of thioether (sulfide) groups is 1. The molecular weight excluding hydrogens is 234 g/mol. The maximum absolute atomic E-state index is 11.9. The van der Waals surface area contributed by atoms with Crippen LogP contribution in [0.3, 0.4) is 0 Å². The molecule has 1 aliphatic heterocycles. The molecule has 4 nitrogen and oxygen atoms in total. The van der Waals surface area contributed by atoms with Gasteiger partial charge in [-0.05, 0) is 12.8 Å². The van der Waals surface area contributed by atoms with Gasteiger partial charge in [0.1, 0.15) is 0 Å². The quantitative estimate of drug-likeness (QED) is 0.759. The normalized spacial score (nSPS) is 30.4. The van der Waals surface area contributed by atoms with Crippen molar-refractivity contribution >= 4 is 17.7 Å². The standard InChI is InChI=1S/C12H23N3OS/c13-11-3-1-2-10(11)12(16)14-4-5-15-6-8-17-9-7-15/h10-11H,1-9,13H2,(H,14,16). The van der Waals surface area contributed by atoms with Gasteiger partial charge in [-0.3, -0.25) is 9.69 Å². The lowest BCUT2D eigenvalue weighted by Gasteiger charge is -2.26. The van der Waals surface area contributed by atoms with Crippen molar-refractivity contribution in [3.8, 4) is 0 Å². The first-order valence-electron chi connectivity index (χ1n) is 6.61. The van der Waals surface area contributed by atoms with E-state index in [1.165, 1.54) is 11.5 Å². The molecule has 1 amide bonds. The van der Waals surface area contributed by atoms with Crippen LogP contribution < -0.4 is 11.1 Å². The largest absolute Gasteiger partial charge is 0.355 e. The number of amides is 1. The third-order valence-electron chi connectivity index (χ3n) is 3.74. The van der Waals surface area contributed by atoms with Crippen LogP contribution >= 0.6 is 11.8 Å². The Morgan fingerprint density at radius 3 is 2.76 bits per heavy atom. The lowest BCUT2D eigenvalue weighted by atomic mass is 10.0. The zero-order chi connectivity index (χ0) is 12.1. The summed E-state index contributed by atoms with van der Waals surface area (Å²) in [4.78, 5) is 14.3. The molecule has 0 aromatic heterocycles. The number of nitrogens with one attached hydrogen (secondary N) is 1. The van der Waals surface area contributed by atoms with Gasteiger partial charge in [-0.25, -0.2) is 0 Å². The lowest BCUT2D eigenvalue weighted by molar-refractivity contribution is -0.125. The van der Waals surface area contributed by atoms with Crippen LogP contribution in [0.1, 0.15) is 19.3 Å². The zero-order valence-electron chi connectivity index (χ0n) is 10.4. The van der Waals surface area contributed by atoms with Gasteiger partial charge in [0, 0.05) is 43.7 Å². The number of nitrogens with two attached hydrogens (primary N) is 1. The molecule has 17 heavy (non-hydrogen) atoms. The summed E-state index contributed by atoms with van der Waals surface area (Å²) in [6.07, 6.45) is 3.07. The summed E-state index contributed by atoms with van der Waals surface area (Å²) in [5.74, 6) is 2.68. The second-order valence-corrected chi connectivity index (χ2v) is 6.17. The Morgan fingerprint density at radius 1 is 1.35 bits per heavy atom. The smallest absolute Gasteiger partial charge is 0.224 e. The first-order valence-corrected chi connectivity index (χ1v) is 7.76. The van der Waals surface area contributed by atoms with Crippen LogP contribution in [0.15, 0.2) is 0 Å². The molecule has 1 aliphatic carbocycles. The molecule has 98 valence electrons. The first kappa shape index (κ1) is 13.2. The van der Waals surface area contributed by atoms with Gasteiger partial charge in [-0.2, -0.15) is 11.8 Å². The Hall–Kier alpha value is -0.260. The van der Waals surface area contributed by atoms with Crippen LogP contribution in [-0.4, -0.2) is 54.5 Å². The fourth-order valence-electron chi connectivity index (χ4n) is 2.61. The van der Waals surface area contributed by atoms with Crippen molar-refractivity contribution in [1.82, 2.24) is 10.2 Å². The van der Waals surface area contributed by atoms with Gasteiger partial charge in [0.2, 0.25) is 5.91 Å². The van der Waals surface area contributed by atoms with Crippen molar-refractivity contribution in [2.45, 2.75) is 25.3 Å². The predicted octanol–water partition coefficient (Wildman–Crippen LogP) is 0.279. The van der Waals surface area contributed by atoms with Gasteiger partial charge in [-0.1, -0.05) is 6.42 Å². The summed E-state index contributed by atoms with van der Waals surface area (Å²) in [6, 6.07) is 0.0846. The first-order chi connectivity index (χ1) is 8.27. The number of nitrogens with zero attached hydrogens (tertiary/aromatic N) is 1. The minimum Gasteiger partial charge on any atom is -0.355 e. The number of hydrogen-bond donors (Lipinski definition) is 2. The van der Waals surface area contributed by atoms with Crippen LogP contribution in [0.2, 0.25) is 0 Å². The molecule has 0 bridgehead atoms. The van der Waals surface area contributed by atoms with Gasteiger partial charge in [-0.15, -0.1) is 0 Å². The second kappa shape index (κ2) is 6.61. The molecule has 3 N–H and O–H groups in total. The molecular formula is C12H23N3OS. The minimum absolute atomic E-state index is 0.0620. The number of carbonyl (C=O) groups is 1. The van der Waals surface area contributed by atoms with Gasteiger partial charge in [0.15, 0.2) is 0 Å². The molecule has 1 saturated carbocycles. The van der Waals surface area contributed by atoms with E-state index in [9.17, 15) is 4.79 Å². The van der Waals surface area contributed by atoms with E-state index in [-0.39, 0.29) is 17.9 Å². The summed E-state index contributed by atoms with van der Waals surface area (Å²) >= 11 is 2.01. The molecule has 0 aromatic rings. The summed E-state index contributed by atoms with van der Waals surface area (Å²) in [5, 5.41) is 3.03. The van der Waals surface area contributed by atoms with Crippen LogP contribution in [0.5, 0.6) is 0 Å². The molecule has 5 heteroatoms. The van der Waals surface area contributed by atoms with Gasteiger partial charge in [0.25, 0.3) is 0 Å². The fraction of sp³-hybridized carbons (Fsp3) is 0.917. The maximum Gasteiger partial charge on any atom is 0.224 e. The predicted molar refractivity (Wildman–Crippen MR) is 72.1 cm³/mol. The van der Waals surface area contributed by atoms with Gasteiger partial charge in [0.05, 0.1) is 5.92 Å². The molecule has 2 fully saturated rings. The maximum atomic E-state index is 11.9. The van der Waals surface area contributed by atoms with E-state index in [4.69, 9.17) is 5.73 Å². The summed E-state index contributed by atoms with van der Waals surface area (Å²) in [5.41, 5.74) is 5.92. The summed E-state index contributed by atoms with van der Waals surface area (Å²) in [7, 11) is 0. The monoisotopic (exact) mass is 257 g/mol. The van der Waals surface area contributed by atoms with E-state index in [0.29, 0.717) is 0 Å².